The van der Waals surface area contributed by atoms with Crippen molar-refractivity contribution in [1.82, 2.24) is 9.88 Å². The zero-order valence-electron chi connectivity index (χ0n) is 18.4. The fourth-order valence-corrected chi connectivity index (χ4v) is 5.06. The molecular weight excluding hydrogens is 475 g/mol. The summed E-state index contributed by atoms with van der Waals surface area (Å²) in [6, 6.07) is 16.2. The number of nitriles is 1. The summed E-state index contributed by atoms with van der Waals surface area (Å²) in [5.41, 5.74) is 4.91. The lowest BCUT2D eigenvalue weighted by atomic mass is 10.1. The van der Waals surface area contributed by atoms with Crippen LogP contribution in [-0.4, -0.2) is 37.6 Å². The molecular formula is C25H22Cl2N4OS. The van der Waals surface area contributed by atoms with E-state index in [1.54, 1.807) is 36.8 Å². The number of rotatable bonds is 7. The highest BCUT2D eigenvalue weighted by atomic mass is 35.5. The summed E-state index contributed by atoms with van der Waals surface area (Å²) in [7, 11) is 5.70. The lowest BCUT2D eigenvalue weighted by Gasteiger charge is -2.13. The molecule has 0 fully saturated rings. The highest BCUT2D eigenvalue weighted by Gasteiger charge is 2.16. The summed E-state index contributed by atoms with van der Waals surface area (Å²) in [5, 5.41) is 13.9. The van der Waals surface area contributed by atoms with Gasteiger partial charge < -0.3 is 15.0 Å². The quantitative estimate of drug-likeness (QED) is 0.298. The van der Waals surface area contributed by atoms with Gasteiger partial charge in [0.15, 0.2) is 0 Å². The van der Waals surface area contributed by atoms with E-state index in [0.717, 1.165) is 33.6 Å². The second-order valence-corrected chi connectivity index (χ2v) is 9.69. The van der Waals surface area contributed by atoms with E-state index in [0.29, 0.717) is 32.7 Å². The summed E-state index contributed by atoms with van der Waals surface area (Å²) >= 11 is 14.2. The van der Waals surface area contributed by atoms with Gasteiger partial charge in [-0.25, -0.2) is 0 Å². The van der Waals surface area contributed by atoms with Crippen LogP contribution >= 0.6 is 34.5 Å². The first kappa shape index (κ1) is 23.3. The third-order valence-electron chi connectivity index (χ3n) is 5.25. The van der Waals surface area contributed by atoms with Gasteiger partial charge in [-0.05, 0) is 43.8 Å². The summed E-state index contributed by atoms with van der Waals surface area (Å²) in [6.07, 6.45) is 2.58. The molecule has 0 radical (unpaired) electrons. The number of benzene rings is 2. The van der Waals surface area contributed by atoms with Gasteiger partial charge in [-0.1, -0.05) is 47.5 Å². The van der Waals surface area contributed by atoms with Crippen LogP contribution in [0.25, 0.3) is 20.7 Å². The molecule has 1 N–H and O–H groups in total. The molecule has 0 aliphatic carbocycles. The maximum atomic E-state index is 9.71. The lowest BCUT2D eigenvalue weighted by Crippen LogP contribution is -2.14. The number of hydrogen-bond donors (Lipinski definition) is 1. The molecule has 0 spiro atoms. The minimum Gasteiger partial charge on any atom is -0.495 e. The van der Waals surface area contributed by atoms with E-state index >= 15 is 0 Å². The van der Waals surface area contributed by atoms with Crippen molar-refractivity contribution in [3.05, 3.63) is 69.8 Å². The van der Waals surface area contributed by atoms with Crippen LogP contribution in [0.3, 0.4) is 0 Å². The smallest absolute Gasteiger partial charge is 0.139 e. The van der Waals surface area contributed by atoms with Crippen LogP contribution in [0.2, 0.25) is 10.0 Å². The monoisotopic (exact) mass is 496 g/mol. The molecule has 0 aliphatic heterocycles. The Kier molecular flexibility index (Phi) is 7.06. The van der Waals surface area contributed by atoms with E-state index in [1.807, 2.05) is 6.07 Å². The number of nitrogens with zero attached hydrogens (tertiary/aromatic N) is 3. The van der Waals surface area contributed by atoms with Crippen molar-refractivity contribution in [1.29, 1.82) is 5.26 Å². The molecule has 0 atom stereocenters. The Balaban J connectivity index is 1.72. The molecule has 5 nitrogen and oxygen atoms in total. The highest BCUT2D eigenvalue weighted by Crippen LogP contribution is 2.41. The number of methoxy groups -OCH3 is 1. The van der Waals surface area contributed by atoms with Crippen LogP contribution in [-0.2, 0) is 6.42 Å². The van der Waals surface area contributed by atoms with E-state index in [1.165, 1.54) is 5.56 Å². The minimum atomic E-state index is 0.417. The number of ether oxygens (including phenoxy) is 1. The Morgan fingerprint density at radius 1 is 1.12 bits per heavy atom. The van der Waals surface area contributed by atoms with Crippen molar-refractivity contribution in [2.45, 2.75) is 6.42 Å². The van der Waals surface area contributed by atoms with Crippen molar-refractivity contribution < 1.29 is 4.74 Å². The van der Waals surface area contributed by atoms with E-state index in [4.69, 9.17) is 27.9 Å². The van der Waals surface area contributed by atoms with Gasteiger partial charge >= 0.3 is 0 Å². The van der Waals surface area contributed by atoms with Crippen molar-refractivity contribution in [2.24, 2.45) is 0 Å². The number of anilines is 2. The average Bonchev–Trinajstić information content (AvgIpc) is 3.24. The zero-order chi connectivity index (χ0) is 23.5. The number of pyridine rings is 1. The average molecular weight is 497 g/mol. The summed E-state index contributed by atoms with van der Waals surface area (Å²) < 4.78 is 6.20. The van der Waals surface area contributed by atoms with Crippen LogP contribution < -0.4 is 10.1 Å². The Hall–Kier alpha value is -2.82. The van der Waals surface area contributed by atoms with Crippen LogP contribution in [0.5, 0.6) is 5.75 Å². The molecule has 2 aromatic carbocycles. The van der Waals surface area contributed by atoms with Gasteiger partial charge in [-0.2, -0.15) is 5.26 Å². The second-order valence-electron chi connectivity index (χ2n) is 7.83. The summed E-state index contributed by atoms with van der Waals surface area (Å²) in [4.78, 5) is 7.76. The number of likely N-dealkylation sites (N-methyl/N-ethyl adjacent to an activating group) is 1. The Morgan fingerprint density at radius 2 is 1.88 bits per heavy atom. The predicted octanol–water partition coefficient (Wildman–Crippen LogP) is 7.00. The standard InChI is InChI=1S/C25H22Cl2N4OS/c1-31(2)9-8-15-4-6-16(7-5-15)23-12-21-25(33-23)24(17(13-28)14-29-21)30-20-11-22(32-3)19(27)10-18(20)26/h4-7,10-12,14H,8-9H2,1-3H3,(H,29,30). The first-order valence-corrected chi connectivity index (χ1v) is 11.8. The van der Waals surface area contributed by atoms with Crippen molar-refractivity contribution in [3.8, 4) is 22.3 Å². The molecule has 2 heterocycles. The van der Waals surface area contributed by atoms with Crippen molar-refractivity contribution in [2.75, 3.05) is 33.1 Å². The normalized spacial score (nSPS) is 11.1. The lowest BCUT2D eigenvalue weighted by molar-refractivity contribution is 0.413. The molecule has 168 valence electrons. The Morgan fingerprint density at radius 3 is 2.55 bits per heavy atom. The highest BCUT2D eigenvalue weighted by molar-refractivity contribution is 7.22. The van der Waals surface area contributed by atoms with Gasteiger partial charge in [0.2, 0.25) is 0 Å². The third kappa shape index (κ3) is 5.07. The summed E-state index contributed by atoms with van der Waals surface area (Å²) in [5.74, 6) is 0.494. The molecule has 33 heavy (non-hydrogen) atoms. The van der Waals surface area contributed by atoms with Gasteiger partial charge in [-0.3, -0.25) is 4.98 Å². The molecule has 0 saturated heterocycles. The van der Waals surface area contributed by atoms with Gasteiger partial charge in [0.1, 0.15) is 11.8 Å². The SMILES string of the molecule is COc1cc(Nc2c(C#N)cnc3cc(-c4ccc(CCN(C)C)cc4)sc23)c(Cl)cc1Cl. The Labute approximate surface area is 207 Å². The van der Waals surface area contributed by atoms with Gasteiger partial charge in [0.05, 0.1) is 44.3 Å². The minimum absolute atomic E-state index is 0.417. The third-order valence-corrected chi connectivity index (χ3v) is 7.05. The number of nitrogens with one attached hydrogen (secondary N) is 1. The van der Waals surface area contributed by atoms with Crippen LogP contribution in [0.4, 0.5) is 11.4 Å². The number of aromatic nitrogens is 1. The Bertz CT molecular complexity index is 1340. The fraction of sp³-hybridized carbons (Fsp3) is 0.200. The largest absolute Gasteiger partial charge is 0.495 e. The van der Waals surface area contributed by atoms with E-state index < -0.39 is 0 Å². The molecule has 4 aromatic rings. The predicted molar refractivity (Wildman–Crippen MR) is 138 cm³/mol. The van der Waals surface area contributed by atoms with Gasteiger partial charge in [0.25, 0.3) is 0 Å². The zero-order valence-corrected chi connectivity index (χ0v) is 20.8. The van der Waals surface area contributed by atoms with Crippen LogP contribution in [0, 0.1) is 11.3 Å². The molecule has 0 bridgehead atoms. The molecule has 0 aliphatic rings. The second kappa shape index (κ2) is 9.98. The number of hydrogen-bond acceptors (Lipinski definition) is 6. The summed E-state index contributed by atoms with van der Waals surface area (Å²) in [6.45, 7) is 1.01. The van der Waals surface area contributed by atoms with Crippen molar-refractivity contribution >= 4 is 56.1 Å². The number of halogens is 2. The maximum absolute atomic E-state index is 9.71. The van der Waals surface area contributed by atoms with E-state index in [-0.39, 0.29) is 0 Å². The fourth-order valence-electron chi connectivity index (χ4n) is 3.43. The molecule has 0 amide bonds. The van der Waals surface area contributed by atoms with Crippen LogP contribution in [0.1, 0.15) is 11.1 Å². The molecule has 2 aromatic heterocycles. The molecule has 0 unspecified atom stereocenters. The van der Waals surface area contributed by atoms with E-state index in [9.17, 15) is 5.26 Å². The first-order valence-electron chi connectivity index (χ1n) is 10.3. The maximum Gasteiger partial charge on any atom is 0.139 e. The topological polar surface area (TPSA) is 61.2 Å². The number of thiophene rings is 1. The molecule has 0 saturated carbocycles. The van der Waals surface area contributed by atoms with Crippen LogP contribution in [0.15, 0.2) is 48.7 Å². The van der Waals surface area contributed by atoms with Gasteiger partial charge in [0, 0.05) is 23.7 Å². The first-order chi connectivity index (χ1) is 15.9. The number of fused-ring (bicyclic) bond motifs is 1. The van der Waals surface area contributed by atoms with E-state index in [2.05, 4.69) is 59.6 Å². The van der Waals surface area contributed by atoms with Crippen molar-refractivity contribution in [3.63, 3.8) is 0 Å². The molecule has 8 heteroatoms. The molecule has 4 rings (SSSR count). The van der Waals surface area contributed by atoms with Gasteiger partial charge in [-0.15, -0.1) is 11.3 Å².